The number of alkyl halides is 3. The van der Waals surface area contributed by atoms with Gasteiger partial charge in [0.25, 0.3) is 5.91 Å². The van der Waals surface area contributed by atoms with E-state index in [1.165, 1.54) is 23.3 Å². The van der Waals surface area contributed by atoms with E-state index in [0.29, 0.717) is 11.4 Å². The van der Waals surface area contributed by atoms with E-state index in [4.69, 9.17) is 17.3 Å². The van der Waals surface area contributed by atoms with Crippen molar-refractivity contribution in [3.05, 3.63) is 76.7 Å². The number of hydrazine groups is 1. The number of aromatic nitrogens is 2. The molecule has 0 atom stereocenters. The van der Waals surface area contributed by atoms with Gasteiger partial charge in [0.1, 0.15) is 0 Å². The van der Waals surface area contributed by atoms with Crippen LogP contribution in [-0.2, 0) is 13.2 Å². The number of carbonyl (C=O) groups is 1. The number of rotatable bonds is 5. The number of H-pyrrole nitrogens is 1. The fourth-order valence-corrected chi connectivity index (χ4v) is 3.24. The van der Waals surface area contributed by atoms with Crippen molar-refractivity contribution in [2.24, 2.45) is 18.6 Å². The first-order valence-corrected chi connectivity index (χ1v) is 9.82. The molecule has 1 aromatic heterocycles. The van der Waals surface area contributed by atoms with Gasteiger partial charge in [0.05, 0.1) is 28.7 Å². The molecular formula is C22H25F3N7O+. The van der Waals surface area contributed by atoms with Gasteiger partial charge < -0.3 is 16.8 Å². The summed E-state index contributed by atoms with van der Waals surface area (Å²) in [6, 6.07) is 7.62. The molecule has 0 aliphatic carbocycles. The smallest absolute Gasteiger partial charge is 0.399 e. The molecule has 0 aliphatic heterocycles. The van der Waals surface area contributed by atoms with Gasteiger partial charge in [-0.2, -0.15) is 18.3 Å². The fourth-order valence-electron chi connectivity index (χ4n) is 3.24. The van der Waals surface area contributed by atoms with Gasteiger partial charge in [0.15, 0.2) is 7.05 Å². The first-order chi connectivity index (χ1) is 15.4. The Labute approximate surface area is 188 Å². The van der Waals surface area contributed by atoms with Crippen LogP contribution in [0.2, 0.25) is 0 Å². The van der Waals surface area contributed by atoms with Crippen LogP contribution < -0.4 is 32.3 Å². The number of carbonyl (C=O) groups excluding carboxylic acids is 1. The number of nitrogen functional groups attached to an aromatic ring is 1. The normalized spacial score (nSPS) is 12.0. The number of benzene rings is 2. The van der Waals surface area contributed by atoms with Crippen LogP contribution in [0.5, 0.6) is 0 Å². The van der Waals surface area contributed by atoms with Crippen molar-refractivity contribution in [1.29, 1.82) is 0 Å². The SMILES string of the molecule is Cc1ccc(C(=O)Nc2cc(N)cc(C(F)(F)F)c2)cc1N(N)C=C(N)c1c[nH][n+](C)c1C. The molecule has 174 valence electrons. The zero-order valence-electron chi connectivity index (χ0n) is 18.3. The first-order valence-electron chi connectivity index (χ1n) is 9.82. The molecule has 0 radical (unpaired) electrons. The third-order valence-electron chi connectivity index (χ3n) is 5.17. The van der Waals surface area contributed by atoms with E-state index in [1.807, 2.05) is 14.0 Å². The monoisotopic (exact) mass is 460 g/mol. The Morgan fingerprint density at radius 3 is 2.48 bits per heavy atom. The Morgan fingerprint density at radius 2 is 1.88 bits per heavy atom. The minimum absolute atomic E-state index is 0.0704. The van der Waals surface area contributed by atoms with E-state index < -0.39 is 17.6 Å². The molecule has 0 spiro atoms. The van der Waals surface area contributed by atoms with Crippen molar-refractivity contribution < 1.29 is 22.6 Å². The summed E-state index contributed by atoms with van der Waals surface area (Å²) < 4.78 is 40.9. The molecular weight excluding hydrogens is 435 g/mol. The second-order valence-electron chi connectivity index (χ2n) is 7.62. The predicted octanol–water partition coefficient (Wildman–Crippen LogP) is 2.95. The minimum Gasteiger partial charge on any atom is -0.399 e. The average Bonchev–Trinajstić information content (AvgIpc) is 3.05. The van der Waals surface area contributed by atoms with Gasteiger partial charge in [-0.1, -0.05) is 6.07 Å². The number of hydrogen-bond acceptors (Lipinski definition) is 5. The number of aryl methyl sites for hydroxylation is 2. The average molecular weight is 460 g/mol. The molecule has 3 aromatic rings. The van der Waals surface area contributed by atoms with Crippen LogP contribution in [0.25, 0.3) is 5.70 Å². The molecule has 8 nitrogen and oxygen atoms in total. The third-order valence-corrected chi connectivity index (χ3v) is 5.17. The van der Waals surface area contributed by atoms with Crippen molar-refractivity contribution >= 4 is 28.7 Å². The number of hydrogen-bond donors (Lipinski definition) is 5. The molecule has 0 saturated carbocycles. The molecule has 1 amide bonds. The van der Waals surface area contributed by atoms with E-state index >= 15 is 0 Å². The molecule has 0 unspecified atom stereocenters. The van der Waals surface area contributed by atoms with Crippen LogP contribution in [0.3, 0.4) is 0 Å². The Morgan fingerprint density at radius 1 is 1.18 bits per heavy atom. The summed E-state index contributed by atoms with van der Waals surface area (Å²) in [5.41, 5.74) is 14.1. The number of nitrogens with two attached hydrogens (primary N) is 3. The zero-order valence-corrected chi connectivity index (χ0v) is 18.3. The van der Waals surface area contributed by atoms with Crippen molar-refractivity contribution in [2.45, 2.75) is 20.0 Å². The largest absolute Gasteiger partial charge is 0.416 e. The maximum absolute atomic E-state index is 13.0. The Balaban J connectivity index is 1.87. The highest BCUT2D eigenvalue weighted by Gasteiger charge is 2.31. The minimum atomic E-state index is -4.59. The predicted molar refractivity (Wildman–Crippen MR) is 121 cm³/mol. The lowest BCUT2D eigenvalue weighted by Crippen LogP contribution is -2.33. The molecule has 3 rings (SSSR count). The first kappa shape index (κ1) is 23.7. The number of aromatic amines is 1. The fraction of sp³-hybridized carbons (Fsp3) is 0.182. The standard InChI is InChI=1S/C22H24F3N7O/c1-12-4-5-14(21(33)30-17-8-15(22(23,24)25)7-16(26)9-17)6-20(12)32(28)11-19(27)18-10-29-31(3)13(18)2/h4-11H,26-28H2,1-3H3,(H,30,33)/p+1. The Kier molecular flexibility index (Phi) is 6.36. The van der Waals surface area contributed by atoms with Gasteiger partial charge in [0.2, 0.25) is 5.69 Å². The number of nitrogens with one attached hydrogen (secondary N) is 2. The van der Waals surface area contributed by atoms with Gasteiger partial charge in [-0.05, 0) is 42.8 Å². The molecule has 0 bridgehead atoms. The highest BCUT2D eigenvalue weighted by molar-refractivity contribution is 6.05. The van der Waals surface area contributed by atoms with Crippen LogP contribution in [0.15, 0.2) is 48.8 Å². The molecule has 1 heterocycles. The van der Waals surface area contributed by atoms with Crippen LogP contribution in [0.4, 0.5) is 30.2 Å². The maximum atomic E-state index is 13.0. The van der Waals surface area contributed by atoms with Gasteiger partial charge in [-0.25, -0.2) is 5.84 Å². The number of anilines is 3. The topological polar surface area (TPSA) is 130 Å². The molecule has 0 saturated heterocycles. The molecule has 0 fully saturated rings. The summed E-state index contributed by atoms with van der Waals surface area (Å²) >= 11 is 0. The number of amides is 1. The summed E-state index contributed by atoms with van der Waals surface area (Å²) in [6.07, 6.45) is -1.33. The van der Waals surface area contributed by atoms with Gasteiger partial charge in [-0.15, -0.1) is 4.68 Å². The molecule has 2 aromatic carbocycles. The lowest BCUT2D eigenvalue weighted by Gasteiger charge is -2.18. The molecule has 0 aliphatic rings. The Hall–Kier alpha value is -3.99. The van der Waals surface area contributed by atoms with Crippen LogP contribution in [-0.4, -0.2) is 11.0 Å². The summed E-state index contributed by atoms with van der Waals surface area (Å²) in [5.74, 6) is 5.57. The summed E-state index contributed by atoms with van der Waals surface area (Å²) in [4.78, 5) is 12.7. The highest BCUT2D eigenvalue weighted by Crippen LogP contribution is 2.33. The van der Waals surface area contributed by atoms with Gasteiger partial charge in [-0.3, -0.25) is 9.80 Å². The second kappa shape index (κ2) is 8.87. The maximum Gasteiger partial charge on any atom is 0.416 e. The van der Waals surface area contributed by atoms with Crippen LogP contribution in [0.1, 0.15) is 32.7 Å². The van der Waals surface area contributed by atoms with Crippen LogP contribution in [0, 0.1) is 13.8 Å². The van der Waals surface area contributed by atoms with Gasteiger partial charge >= 0.3 is 6.18 Å². The lowest BCUT2D eigenvalue weighted by molar-refractivity contribution is -0.732. The quantitative estimate of drug-likeness (QED) is 0.173. The van der Waals surface area contributed by atoms with E-state index in [1.54, 1.807) is 29.9 Å². The van der Waals surface area contributed by atoms with Crippen molar-refractivity contribution in [1.82, 2.24) is 5.10 Å². The molecule has 8 N–H and O–H groups in total. The zero-order chi connectivity index (χ0) is 24.5. The molecule has 11 heteroatoms. The highest BCUT2D eigenvalue weighted by atomic mass is 19.4. The Bertz CT molecular complexity index is 1230. The van der Waals surface area contributed by atoms with E-state index in [9.17, 15) is 18.0 Å². The summed E-state index contributed by atoms with van der Waals surface area (Å²) in [7, 11) is 1.84. The van der Waals surface area contributed by atoms with Gasteiger partial charge in [0, 0.05) is 30.1 Å². The van der Waals surface area contributed by atoms with E-state index in [-0.39, 0.29) is 16.9 Å². The number of nitrogens with zero attached hydrogens (tertiary/aromatic N) is 2. The second-order valence-corrected chi connectivity index (χ2v) is 7.62. The van der Waals surface area contributed by atoms with Crippen molar-refractivity contribution in [2.75, 3.05) is 16.1 Å². The van der Waals surface area contributed by atoms with Crippen molar-refractivity contribution in [3.8, 4) is 0 Å². The van der Waals surface area contributed by atoms with Crippen molar-refractivity contribution in [3.63, 3.8) is 0 Å². The summed E-state index contributed by atoms with van der Waals surface area (Å²) in [6.45, 7) is 3.69. The molecule has 33 heavy (non-hydrogen) atoms. The van der Waals surface area contributed by atoms with Crippen LogP contribution >= 0.6 is 0 Å². The number of halogens is 3. The summed E-state index contributed by atoms with van der Waals surface area (Å²) in [5, 5.41) is 6.75. The van der Waals surface area contributed by atoms with E-state index in [0.717, 1.165) is 29.0 Å². The third kappa shape index (κ3) is 5.26. The lowest BCUT2D eigenvalue weighted by atomic mass is 10.1. The van der Waals surface area contributed by atoms with E-state index in [2.05, 4.69) is 10.4 Å².